The Morgan fingerprint density at radius 2 is 2.26 bits per heavy atom. The molecule has 2 unspecified atom stereocenters. The lowest BCUT2D eigenvalue weighted by atomic mass is 10.2. The van der Waals surface area contributed by atoms with Gasteiger partial charge in [0.2, 0.25) is 0 Å². The summed E-state index contributed by atoms with van der Waals surface area (Å²) in [5, 5.41) is 9.42. The van der Waals surface area contributed by atoms with Crippen molar-refractivity contribution in [3.8, 4) is 5.75 Å². The standard InChI is InChI=1S/C13H21N3O3/c1-13(2,3)19-12(17)16-10-5-4-6-11(10)18-9-7-14-15-8-9/h7-8,10-11H,4-6H2,1-3H3,(H,14,15)(H,16,17). The highest BCUT2D eigenvalue weighted by Crippen LogP contribution is 2.24. The molecule has 106 valence electrons. The molecule has 0 saturated heterocycles. The van der Waals surface area contributed by atoms with Gasteiger partial charge in [-0.1, -0.05) is 0 Å². The van der Waals surface area contributed by atoms with Crippen molar-refractivity contribution >= 4 is 6.09 Å². The highest BCUT2D eigenvalue weighted by molar-refractivity contribution is 5.68. The van der Waals surface area contributed by atoms with Gasteiger partial charge >= 0.3 is 6.09 Å². The Morgan fingerprint density at radius 3 is 2.89 bits per heavy atom. The summed E-state index contributed by atoms with van der Waals surface area (Å²) in [5.74, 6) is 0.697. The van der Waals surface area contributed by atoms with Crippen LogP contribution in [0.4, 0.5) is 4.79 Å². The Kier molecular flexibility index (Phi) is 3.97. The minimum atomic E-state index is -0.483. The fraction of sp³-hybridized carbons (Fsp3) is 0.692. The van der Waals surface area contributed by atoms with Crippen LogP contribution in [0.15, 0.2) is 12.4 Å². The van der Waals surface area contributed by atoms with Crippen LogP contribution in [0.2, 0.25) is 0 Å². The average Bonchev–Trinajstić information content (AvgIpc) is 2.89. The summed E-state index contributed by atoms with van der Waals surface area (Å²) in [6.07, 6.45) is 5.77. The topological polar surface area (TPSA) is 76.2 Å². The van der Waals surface area contributed by atoms with Gasteiger partial charge in [-0.3, -0.25) is 5.10 Å². The first-order valence-electron chi connectivity index (χ1n) is 6.59. The predicted molar refractivity (Wildman–Crippen MR) is 70.0 cm³/mol. The quantitative estimate of drug-likeness (QED) is 0.880. The molecule has 2 atom stereocenters. The van der Waals surface area contributed by atoms with E-state index in [4.69, 9.17) is 9.47 Å². The Bertz CT molecular complexity index is 411. The van der Waals surface area contributed by atoms with E-state index in [-0.39, 0.29) is 18.2 Å². The molecule has 1 fully saturated rings. The van der Waals surface area contributed by atoms with Crippen molar-refractivity contribution in [2.75, 3.05) is 0 Å². The smallest absolute Gasteiger partial charge is 0.408 e. The number of ether oxygens (including phenoxy) is 2. The van der Waals surface area contributed by atoms with Gasteiger partial charge < -0.3 is 14.8 Å². The van der Waals surface area contributed by atoms with E-state index >= 15 is 0 Å². The van der Waals surface area contributed by atoms with Gasteiger partial charge in [-0.25, -0.2) is 4.79 Å². The van der Waals surface area contributed by atoms with E-state index in [1.165, 1.54) is 0 Å². The van der Waals surface area contributed by atoms with E-state index in [2.05, 4.69) is 15.5 Å². The molecule has 0 bridgehead atoms. The van der Waals surface area contributed by atoms with Crippen LogP contribution in [0.5, 0.6) is 5.75 Å². The summed E-state index contributed by atoms with van der Waals surface area (Å²) in [6.45, 7) is 5.54. The van der Waals surface area contributed by atoms with Crippen LogP contribution in [0.3, 0.4) is 0 Å². The third-order valence-corrected chi connectivity index (χ3v) is 2.92. The zero-order chi connectivity index (χ0) is 13.9. The number of alkyl carbamates (subject to hydrolysis) is 1. The van der Waals surface area contributed by atoms with E-state index in [0.717, 1.165) is 19.3 Å². The lowest BCUT2D eigenvalue weighted by molar-refractivity contribution is 0.0464. The number of carbonyl (C=O) groups is 1. The number of aromatic nitrogens is 2. The molecule has 0 aromatic carbocycles. The lowest BCUT2D eigenvalue weighted by Crippen LogP contribution is -2.44. The van der Waals surface area contributed by atoms with Crippen molar-refractivity contribution in [3.05, 3.63) is 12.4 Å². The van der Waals surface area contributed by atoms with Crippen molar-refractivity contribution < 1.29 is 14.3 Å². The molecule has 6 nitrogen and oxygen atoms in total. The number of hydrogen-bond acceptors (Lipinski definition) is 4. The van der Waals surface area contributed by atoms with Crippen molar-refractivity contribution in [2.45, 2.75) is 57.8 Å². The molecule has 6 heteroatoms. The zero-order valence-corrected chi connectivity index (χ0v) is 11.6. The molecular weight excluding hydrogens is 246 g/mol. The second kappa shape index (κ2) is 5.50. The number of nitrogens with zero attached hydrogens (tertiary/aromatic N) is 1. The number of aromatic amines is 1. The molecule has 1 aromatic rings. The SMILES string of the molecule is CC(C)(C)OC(=O)NC1CCCC1Oc1cn[nH]c1. The molecular formula is C13H21N3O3. The molecule has 1 amide bonds. The predicted octanol–water partition coefficient (Wildman–Crippen LogP) is 2.23. The van der Waals surface area contributed by atoms with Crippen LogP contribution < -0.4 is 10.1 Å². The van der Waals surface area contributed by atoms with Gasteiger partial charge in [0.1, 0.15) is 11.7 Å². The molecule has 1 aliphatic rings. The molecule has 2 N–H and O–H groups in total. The monoisotopic (exact) mass is 267 g/mol. The summed E-state index contributed by atoms with van der Waals surface area (Å²) in [7, 11) is 0. The molecule has 19 heavy (non-hydrogen) atoms. The number of hydrogen-bond donors (Lipinski definition) is 2. The van der Waals surface area contributed by atoms with Crippen molar-refractivity contribution in [1.82, 2.24) is 15.5 Å². The summed E-state index contributed by atoms with van der Waals surface area (Å²) >= 11 is 0. The van der Waals surface area contributed by atoms with Gasteiger partial charge in [0.15, 0.2) is 5.75 Å². The van der Waals surface area contributed by atoms with Gasteiger partial charge in [-0.05, 0) is 40.0 Å². The number of rotatable bonds is 3. The number of amides is 1. The van der Waals surface area contributed by atoms with Crippen LogP contribution in [0, 0.1) is 0 Å². The van der Waals surface area contributed by atoms with Crippen LogP contribution in [-0.2, 0) is 4.74 Å². The first-order chi connectivity index (χ1) is 8.94. The minimum absolute atomic E-state index is 0.00949. The Labute approximate surface area is 112 Å². The normalized spacial score (nSPS) is 23.1. The number of carbonyl (C=O) groups excluding carboxylic acids is 1. The van der Waals surface area contributed by atoms with Gasteiger partial charge in [0.25, 0.3) is 0 Å². The Hall–Kier alpha value is -1.72. The second-order valence-electron chi connectivity index (χ2n) is 5.77. The van der Waals surface area contributed by atoms with Crippen LogP contribution in [0.25, 0.3) is 0 Å². The third kappa shape index (κ3) is 4.15. The molecule has 1 aliphatic carbocycles. The van der Waals surface area contributed by atoms with Crippen LogP contribution >= 0.6 is 0 Å². The van der Waals surface area contributed by atoms with E-state index in [1.54, 1.807) is 12.4 Å². The van der Waals surface area contributed by atoms with Gasteiger partial charge in [0, 0.05) is 0 Å². The highest BCUT2D eigenvalue weighted by Gasteiger charge is 2.31. The number of nitrogens with one attached hydrogen (secondary N) is 2. The third-order valence-electron chi connectivity index (χ3n) is 2.92. The molecule has 2 rings (SSSR count). The largest absolute Gasteiger partial charge is 0.485 e. The van der Waals surface area contributed by atoms with E-state index < -0.39 is 5.60 Å². The molecule has 1 saturated carbocycles. The van der Waals surface area contributed by atoms with E-state index in [9.17, 15) is 4.79 Å². The molecule has 0 radical (unpaired) electrons. The first-order valence-corrected chi connectivity index (χ1v) is 6.59. The first kappa shape index (κ1) is 13.7. The zero-order valence-electron chi connectivity index (χ0n) is 11.6. The maximum atomic E-state index is 11.8. The maximum absolute atomic E-state index is 11.8. The van der Waals surface area contributed by atoms with Gasteiger partial charge in [0.05, 0.1) is 18.4 Å². The van der Waals surface area contributed by atoms with Gasteiger partial charge in [-0.15, -0.1) is 0 Å². The molecule has 1 heterocycles. The maximum Gasteiger partial charge on any atom is 0.408 e. The highest BCUT2D eigenvalue weighted by atomic mass is 16.6. The van der Waals surface area contributed by atoms with Crippen molar-refractivity contribution in [2.24, 2.45) is 0 Å². The number of H-pyrrole nitrogens is 1. The van der Waals surface area contributed by atoms with Gasteiger partial charge in [-0.2, -0.15) is 5.10 Å². The van der Waals surface area contributed by atoms with E-state index in [1.807, 2.05) is 20.8 Å². The minimum Gasteiger partial charge on any atom is -0.485 e. The molecule has 0 spiro atoms. The van der Waals surface area contributed by atoms with Crippen molar-refractivity contribution in [1.29, 1.82) is 0 Å². The van der Waals surface area contributed by atoms with Crippen LogP contribution in [-0.4, -0.2) is 34.0 Å². The molecule has 0 aliphatic heterocycles. The lowest BCUT2D eigenvalue weighted by Gasteiger charge is -2.24. The summed E-state index contributed by atoms with van der Waals surface area (Å²) < 4.78 is 11.1. The van der Waals surface area contributed by atoms with Crippen LogP contribution in [0.1, 0.15) is 40.0 Å². The van der Waals surface area contributed by atoms with Crippen molar-refractivity contribution in [3.63, 3.8) is 0 Å². The van der Waals surface area contributed by atoms with E-state index in [0.29, 0.717) is 5.75 Å². The summed E-state index contributed by atoms with van der Waals surface area (Å²) in [5.41, 5.74) is -0.483. The Morgan fingerprint density at radius 1 is 1.47 bits per heavy atom. The molecule has 1 aromatic heterocycles. The summed E-state index contributed by atoms with van der Waals surface area (Å²) in [4.78, 5) is 11.8. The Balaban J connectivity index is 1.87. The second-order valence-corrected chi connectivity index (χ2v) is 5.77. The summed E-state index contributed by atoms with van der Waals surface area (Å²) in [6, 6.07) is -0.00949. The fourth-order valence-corrected chi connectivity index (χ4v) is 2.17. The fourth-order valence-electron chi connectivity index (χ4n) is 2.17. The average molecular weight is 267 g/mol.